The summed E-state index contributed by atoms with van der Waals surface area (Å²) in [4.78, 5) is 23.7. The second-order valence-electron chi connectivity index (χ2n) is 6.07. The molecule has 7 nitrogen and oxygen atoms in total. The molecule has 0 fully saturated rings. The van der Waals surface area contributed by atoms with Crippen molar-refractivity contribution in [3.63, 3.8) is 0 Å². The fraction of sp³-hybridized carbons (Fsp3) is 0.158. The molecule has 0 saturated carbocycles. The summed E-state index contributed by atoms with van der Waals surface area (Å²) in [6, 6.07) is 13.1. The third-order valence-corrected chi connectivity index (χ3v) is 4.73. The SMILES string of the molecule is Cc1cccc(-c2nnc(SCC(=O)Nc3ccc(F)cc3)n2CC(N)=O)c1. The lowest BCUT2D eigenvalue weighted by atomic mass is 10.1. The molecule has 0 bridgehead atoms. The van der Waals surface area contributed by atoms with Crippen LogP contribution in [0.5, 0.6) is 0 Å². The Bertz CT molecular complexity index is 1000. The Morgan fingerprint density at radius 2 is 1.93 bits per heavy atom. The third-order valence-electron chi connectivity index (χ3n) is 3.77. The van der Waals surface area contributed by atoms with E-state index in [4.69, 9.17) is 5.73 Å². The number of thioether (sulfide) groups is 1. The molecule has 3 aromatic rings. The lowest BCUT2D eigenvalue weighted by Crippen LogP contribution is -2.20. The van der Waals surface area contributed by atoms with Gasteiger partial charge in [-0.3, -0.25) is 14.2 Å². The molecule has 0 radical (unpaired) electrons. The van der Waals surface area contributed by atoms with E-state index in [-0.39, 0.29) is 24.0 Å². The molecule has 0 aliphatic carbocycles. The highest BCUT2D eigenvalue weighted by atomic mass is 32.2. The van der Waals surface area contributed by atoms with Gasteiger partial charge in [0.15, 0.2) is 11.0 Å². The normalized spacial score (nSPS) is 10.6. The highest BCUT2D eigenvalue weighted by Crippen LogP contribution is 2.24. The van der Waals surface area contributed by atoms with Crippen molar-refractivity contribution >= 4 is 29.3 Å². The second kappa shape index (κ2) is 8.66. The molecule has 0 aliphatic heterocycles. The van der Waals surface area contributed by atoms with Gasteiger partial charge in [0, 0.05) is 11.3 Å². The highest BCUT2D eigenvalue weighted by Gasteiger charge is 2.17. The predicted molar refractivity (Wildman–Crippen MR) is 105 cm³/mol. The van der Waals surface area contributed by atoms with Crippen LogP contribution in [0.1, 0.15) is 5.56 Å². The van der Waals surface area contributed by atoms with E-state index in [2.05, 4.69) is 15.5 Å². The number of amides is 2. The Balaban J connectivity index is 1.75. The van der Waals surface area contributed by atoms with Gasteiger partial charge in [-0.2, -0.15) is 0 Å². The first-order valence-electron chi connectivity index (χ1n) is 8.39. The number of halogens is 1. The first kappa shape index (κ1) is 19.6. The second-order valence-corrected chi connectivity index (χ2v) is 7.01. The van der Waals surface area contributed by atoms with Gasteiger partial charge in [0.05, 0.1) is 5.75 Å². The Morgan fingerprint density at radius 1 is 1.18 bits per heavy atom. The number of carbonyl (C=O) groups is 2. The summed E-state index contributed by atoms with van der Waals surface area (Å²) in [6.45, 7) is 1.85. The Hall–Kier alpha value is -3.20. The smallest absolute Gasteiger partial charge is 0.237 e. The van der Waals surface area contributed by atoms with Crippen LogP contribution in [-0.2, 0) is 16.1 Å². The van der Waals surface area contributed by atoms with Crippen LogP contribution in [0, 0.1) is 12.7 Å². The predicted octanol–water partition coefficient (Wildman–Crippen LogP) is 2.61. The van der Waals surface area contributed by atoms with Crippen LogP contribution in [0.2, 0.25) is 0 Å². The summed E-state index contributed by atoms with van der Waals surface area (Å²) >= 11 is 1.13. The number of hydrogen-bond donors (Lipinski definition) is 2. The summed E-state index contributed by atoms with van der Waals surface area (Å²) in [6.07, 6.45) is 0. The number of anilines is 1. The zero-order valence-corrected chi connectivity index (χ0v) is 15.9. The Kier molecular flexibility index (Phi) is 6.05. The lowest BCUT2D eigenvalue weighted by molar-refractivity contribution is -0.118. The van der Waals surface area contributed by atoms with Gasteiger partial charge in [-0.25, -0.2) is 4.39 Å². The first-order valence-corrected chi connectivity index (χ1v) is 9.37. The maximum Gasteiger partial charge on any atom is 0.237 e. The molecule has 0 atom stereocenters. The minimum Gasteiger partial charge on any atom is -0.368 e. The quantitative estimate of drug-likeness (QED) is 0.595. The van der Waals surface area contributed by atoms with Crippen LogP contribution < -0.4 is 11.1 Å². The van der Waals surface area contributed by atoms with Crippen LogP contribution in [0.15, 0.2) is 53.7 Å². The van der Waals surface area contributed by atoms with Crippen molar-refractivity contribution in [2.24, 2.45) is 5.73 Å². The number of carbonyl (C=O) groups excluding carboxylic acids is 2. The third kappa shape index (κ3) is 4.95. The number of nitrogens with two attached hydrogens (primary N) is 1. The van der Waals surface area contributed by atoms with Crippen LogP contribution in [-0.4, -0.2) is 32.3 Å². The largest absolute Gasteiger partial charge is 0.368 e. The highest BCUT2D eigenvalue weighted by molar-refractivity contribution is 7.99. The van der Waals surface area contributed by atoms with Gasteiger partial charge in [0.25, 0.3) is 0 Å². The fourth-order valence-electron chi connectivity index (χ4n) is 2.55. The molecular formula is C19H18FN5O2S. The van der Waals surface area contributed by atoms with Crippen molar-refractivity contribution in [1.29, 1.82) is 0 Å². The van der Waals surface area contributed by atoms with Gasteiger partial charge < -0.3 is 11.1 Å². The summed E-state index contributed by atoms with van der Waals surface area (Å²) in [5.74, 6) is -0.657. The zero-order chi connectivity index (χ0) is 20.1. The number of aryl methyl sites for hydroxylation is 1. The maximum atomic E-state index is 12.9. The van der Waals surface area contributed by atoms with Crippen LogP contribution in [0.4, 0.5) is 10.1 Å². The molecule has 1 aromatic heterocycles. The van der Waals surface area contributed by atoms with E-state index in [0.717, 1.165) is 22.9 Å². The molecule has 0 spiro atoms. The van der Waals surface area contributed by atoms with Crippen LogP contribution in [0.25, 0.3) is 11.4 Å². The number of nitrogens with one attached hydrogen (secondary N) is 1. The summed E-state index contributed by atoms with van der Waals surface area (Å²) in [5, 5.41) is 11.3. The molecule has 9 heteroatoms. The number of nitrogens with zero attached hydrogens (tertiary/aromatic N) is 3. The fourth-order valence-corrected chi connectivity index (χ4v) is 3.29. The monoisotopic (exact) mass is 399 g/mol. The molecule has 3 N–H and O–H groups in total. The van der Waals surface area contributed by atoms with Crippen molar-refractivity contribution in [2.45, 2.75) is 18.6 Å². The maximum absolute atomic E-state index is 12.9. The zero-order valence-electron chi connectivity index (χ0n) is 15.1. The number of benzene rings is 2. The molecule has 2 aromatic carbocycles. The average Bonchev–Trinajstić information content (AvgIpc) is 3.04. The van der Waals surface area contributed by atoms with E-state index in [9.17, 15) is 14.0 Å². The molecule has 1 heterocycles. The summed E-state index contributed by atoms with van der Waals surface area (Å²) < 4.78 is 14.5. The molecule has 0 unspecified atom stereocenters. The molecule has 3 rings (SSSR count). The van der Waals surface area contributed by atoms with Crippen LogP contribution in [0.3, 0.4) is 0 Å². The molecule has 2 amide bonds. The van der Waals surface area contributed by atoms with Gasteiger partial charge >= 0.3 is 0 Å². The van der Waals surface area contributed by atoms with E-state index in [1.807, 2.05) is 31.2 Å². The van der Waals surface area contributed by atoms with Crippen molar-refractivity contribution in [3.05, 3.63) is 59.9 Å². The van der Waals surface area contributed by atoms with Crippen molar-refractivity contribution in [2.75, 3.05) is 11.1 Å². The van der Waals surface area contributed by atoms with Gasteiger partial charge in [-0.1, -0.05) is 35.5 Å². The summed E-state index contributed by atoms with van der Waals surface area (Å²) in [5.41, 5.74) is 7.70. The topological polar surface area (TPSA) is 103 Å². The Labute approximate surface area is 165 Å². The number of primary amides is 1. The molecule has 0 saturated heterocycles. The minimum absolute atomic E-state index is 0.0437. The van der Waals surface area contributed by atoms with Crippen molar-refractivity contribution in [3.8, 4) is 11.4 Å². The van der Waals surface area contributed by atoms with Crippen molar-refractivity contribution < 1.29 is 14.0 Å². The minimum atomic E-state index is -0.536. The molecule has 144 valence electrons. The van der Waals surface area contributed by atoms with Gasteiger partial charge in [-0.05, 0) is 37.3 Å². The molecule has 0 aliphatic rings. The van der Waals surface area contributed by atoms with Crippen LogP contribution >= 0.6 is 11.8 Å². The number of hydrogen-bond acceptors (Lipinski definition) is 5. The van der Waals surface area contributed by atoms with E-state index >= 15 is 0 Å². The standard InChI is InChI=1S/C19H18FN5O2S/c1-12-3-2-4-13(9-12)18-23-24-19(25(18)10-16(21)26)28-11-17(27)22-15-7-5-14(20)6-8-15/h2-9H,10-11H2,1H3,(H2,21,26)(H,22,27). The van der Waals surface area contributed by atoms with Gasteiger partial charge in [0.2, 0.25) is 11.8 Å². The summed E-state index contributed by atoms with van der Waals surface area (Å²) in [7, 11) is 0. The Morgan fingerprint density at radius 3 is 2.61 bits per heavy atom. The average molecular weight is 399 g/mol. The first-order chi connectivity index (χ1) is 13.4. The van der Waals surface area contributed by atoms with E-state index in [1.54, 1.807) is 4.57 Å². The van der Waals surface area contributed by atoms with Crippen molar-refractivity contribution in [1.82, 2.24) is 14.8 Å². The number of rotatable bonds is 7. The molecule has 28 heavy (non-hydrogen) atoms. The van der Waals surface area contributed by atoms with Gasteiger partial charge in [-0.15, -0.1) is 10.2 Å². The van der Waals surface area contributed by atoms with E-state index < -0.39 is 5.91 Å². The molecular weight excluding hydrogens is 381 g/mol. The van der Waals surface area contributed by atoms with E-state index in [0.29, 0.717) is 16.7 Å². The lowest BCUT2D eigenvalue weighted by Gasteiger charge is -2.09. The number of aromatic nitrogens is 3. The van der Waals surface area contributed by atoms with E-state index in [1.165, 1.54) is 24.3 Å². The van der Waals surface area contributed by atoms with Gasteiger partial charge in [0.1, 0.15) is 12.4 Å².